The summed E-state index contributed by atoms with van der Waals surface area (Å²) in [6.07, 6.45) is 2.45. The van der Waals surface area contributed by atoms with Gasteiger partial charge in [0.05, 0.1) is 22.8 Å². The largest absolute Gasteiger partial charge is 0.462 e. The number of hydrogen-bond acceptors (Lipinski definition) is 8. The fourth-order valence-corrected chi connectivity index (χ4v) is 4.44. The minimum atomic E-state index is -1.03. The molecule has 1 aromatic heterocycles. The number of nitro benzene ring substituents is 1. The van der Waals surface area contributed by atoms with Crippen molar-refractivity contribution in [3.8, 4) is 0 Å². The van der Waals surface area contributed by atoms with Crippen LogP contribution in [0.2, 0.25) is 0 Å². The van der Waals surface area contributed by atoms with Crippen molar-refractivity contribution < 1.29 is 24.0 Å². The van der Waals surface area contributed by atoms with Gasteiger partial charge in [-0.05, 0) is 38.7 Å². The lowest BCUT2D eigenvalue weighted by Gasteiger charge is -2.07. The Morgan fingerprint density at radius 2 is 2.03 bits per heavy atom. The van der Waals surface area contributed by atoms with Crippen molar-refractivity contribution in [2.24, 2.45) is 5.10 Å². The fraction of sp³-hybridized carbons (Fsp3) is 0.300. The molecule has 31 heavy (non-hydrogen) atoms. The Bertz CT molecular complexity index is 1090. The Labute approximate surface area is 181 Å². The minimum absolute atomic E-state index is 0.117. The van der Waals surface area contributed by atoms with E-state index in [9.17, 15) is 24.5 Å². The SMILES string of the molecule is CCOC(=O)c1c(NC(=O)C(=O)N/N=C(\C)c2cccc([N+](=O)[O-])c2)sc2c1CCC2. The van der Waals surface area contributed by atoms with Crippen LogP contribution >= 0.6 is 11.3 Å². The molecule has 2 amide bonds. The number of aryl methyl sites for hydroxylation is 1. The van der Waals surface area contributed by atoms with E-state index in [2.05, 4.69) is 15.8 Å². The molecule has 0 aliphatic heterocycles. The number of esters is 1. The summed E-state index contributed by atoms with van der Waals surface area (Å²) >= 11 is 1.26. The van der Waals surface area contributed by atoms with Gasteiger partial charge < -0.3 is 10.1 Å². The molecule has 1 aliphatic rings. The number of hydrazone groups is 1. The number of thiophene rings is 1. The van der Waals surface area contributed by atoms with Crippen LogP contribution in [0.5, 0.6) is 0 Å². The van der Waals surface area contributed by atoms with E-state index in [-0.39, 0.29) is 23.0 Å². The second-order valence-corrected chi connectivity index (χ2v) is 7.79. The number of nitrogens with zero attached hydrogens (tertiary/aromatic N) is 2. The first-order chi connectivity index (χ1) is 14.8. The fourth-order valence-electron chi connectivity index (χ4n) is 3.17. The van der Waals surface area contributed by atoms with Gasteiger partial charge in [-0.2, -0.15) is 5.10 Å². The summed E-state index contributed by atoms with van der Waals surface area (Å²) < 4.78 is 5.09. The minimum Gasteiger partial charge on any atom is -0.462 e. The molecule has 1 heterocycles. The maximum atomic E-state index is 12.3. The van der Waals surface area contributed by atoms with Gasteiger partial charge in [-0.25, -0.2) is 10.2 Å². The highest BCUT2D eigenvalue weighted by Crippen LogP contribution is 2.39. The number of nitrogens with one attached hydrogen (secondary N) is 2. The van der Waals surface area contributed by atoms with Crippen LogP contribution in [0.3, 0.4) is 0 Å². The van der Waals surface area contributed by atoms with Crippen LogP contribution in [0.4, 0.5) is 10.7 Å². The highest BCUT2D eigenvalue weighted by Gasteiger charge is 2.29. The molecule has 0 spiro atoms. The van der Waals surface area contributed by atoms with Gasteiger partial charge in [0.25, 0.3) is 5.69 Å². The molecule has 3 rings (SSSR count). The molecule has 2 aromatic rings. The summed E-state index contributed by atoms with van der Waals surface area (Å²) in [5, 5.41) is 17.5. The van der Waals surface area contributed by atoms with E-state index in [0.717, 1.165) is 29.7 Å². The quantitative estimate of drug-likeness (QED) is 0.231. The maximum absolute atomic E-state index is 12.3. The van der Waals surface area contributed by atoms with E-state index in [4.69, 9.17) is 4.74 Å². The molecule has 1 aromatic carbocycles. The number of carbonyl (C=O) groups excluding carboxylic acids is 3. The topological polar surface area (TPSA) is 140 Å². The first-order valence-corrected chi connectivity index (χ1v) is 10.4. The molecule has 162 valence electrons. The van der Waals surface area contributed by atoms with Crippen molar-refractivity contribution in [1.29, 1.82) is 0 Å². The highest BCUT2D eigenvalue weighted by atomic mass is 32.1. The van der Waals surface area contributed by atoms with Gasteiger partial charge in [0.1, 0.15) is 5.00 Å². The lowest BCUT2D eigenvalue weighted by Crippen LogP contribution is -2.33. The molecule has 0 fully saturated rings. The second kappa shape index (κ2) is 9.47. The van der Waals surface area contributed by atoms with E-state index in [0.29, 0.717) is 11.1 Å². The van der Waals surface area contributed by atoms with Crippen LogP contribution in [-0.2, 0) is 27.2 Å². The average Bonchev–Trinajstić information content (AvgIpc) is 3.32. The molecule has 0 saturated heterocycles. The van der Waals surface area contributed by atoms with Crippen LogP contribution in [-0.4, -0.2) is 35.0 Å². The number of anilines is 1. The van der Waals surface area contributed by atoms with E-state index in [1.807, 2.05) is 0 Å². The van der Waals surface area contributed by atoms with Gasteiger partial charge in [0.15, 0.2) is 0 Å². The number of carbonyl (C=O) groups is 3. The van der Waals surface area contributed by atoms with Crippen molar-refractivity contribution in [1.82, 2.24) is 5.43 Å². The van der Waals surface area contributed by atoms with Crippen molar-refractivity contribution in [3.63, 3.8) is 0 Å². The van der Waals surface area contributed by atoms with Crippen molar-refractivity contribution >= 4 is 45.5 Å². The van der Waals surface area contributed by atoms with Crippen LogP contribution in [0, 0.1) is 10.1 Å². The monoisotopic (exact) mass is 444 g/mol. The number of benzene rings is 1. The van der Waals surface area contributed by atoms with Crippen LogP contribution in [0.15, 0.2) is 29.4 Å². The molecule has 1 aliphatic carbocycles. The van der Waals surface area contributed by atoms with Gasteiger partial charge in [-0.1, -0.05) is 12.1 Å². The van der Waals surface area contributed by atoms with Crippen LogP contribution in [0.1, 0.15) is 46.6 Å². The maximum Gasteiger partial charge on any atom is 0.341 e. The molecule has 2 N–H and O–H groups in total. The summed E-state index contributed by atoms with van der Waals surface area (Å²) in [7, 11) is 0. The van der Waals surface area contributed by atoms with Crippen molar-refractivity contribution in [3.05, 3.63) is 55.9 Å². The van der Waals surface area contributed by atoms with E-state index in [1.165, 1.54) is 29.5 Å². The number of ether oxygens (including phenoxy) is 1. The molecule has 11 heteroatoms. The first-order valence-electron chi connectivity index (χ1n) is 9.53. The highest BCUT2D eigenvalue weighted by molar-refractivity contribution is 7.17. The smallest absolute Gasteiger partial charge is 0.341 e. The number of non-ortho nitro benzene ring substituents is 1. The Balaban J connectivity index is 1.71. The first kappa shape index (κ1) is 22.1. The molecule has 0 saturated carbocycles. The Morgan fingerprint density at radius 1 is 1.26 bits per heavy atom. The number of fused-ring (bicyclic) bond motifs is 1. The molecule has 0 bridgehead atoms. The summed E-state index contributed by atoms with van der Waals surface area (Å²) in [5.41, 5.74) is 3.88. The van der Waals surface area contributed by atoms with Gasteiger partial charge in [-0.15, -0.1) is 11.3 Å². The van der Waals surface area contributed by atoms with Crippen LogP contribution in [0.25, 0.3) is 0 Å². The number of nitro groups is 1. The standard InChI is InChI=1S/C20H20N4O6S/c1-3-30-20(27)16-14-8-5-9-15(14)31-19(16)21-17(25)18(26)23-22-11(2)12-6-4-7-13(10-12)24(28)29/h4,6-7,10H,3,5,8-9H2,1-2H3,(H,21,25)(H,23,26)/b22-11+. The number of amides is 2. The molecular formula is C20H20N4O6S. The third kappa shape index (κ3) is 4.94. The Morgan fingerprint density at radius 3 is 2.74 bits per heavy atom. The Hall–Kier alpha value is -3.60. The molecule has 0 radical (unpaired) electrons. The zero-order chi connectivity index (χ0) is 22.5. The zero-order valence-corrected chi connectivity index (χ0v) is 17.7. The third-order valence-corrected chi connectivity index (χ3v) is 5.84. The normalized spacial score (nSPS) is 12.8. The summed E-state index contributed by atoms with van der Waals surface area (Å²) in [6, 6.07) is 5.73. The van der Waals surface area contributed by atoms with E-state index in [1.54, 1.807) is 19.9 Å². The summed E-state index contributed by atoms with van der Waals surface area (Å²) in [5.74, 6) is -2.55. The average molecular weight is 444 g/mol. The number of hydrogen-bond donors (Lipinski definition) is 2. The molecule has 0 atom stereocenters. The van der Waals surface area contributed by atoms with Gasteiger partial charge in [0, 0.05) is 22.6 Å². The second-order valence-electron chi connectivity index (χ2n) is 6.68. The van der Waals surface area contributed by atoms with Gasteiger partial charge >= 0.3 is 17.8 Å². The number of rotatable bonds is 6. The van der Waals surface area contributed by atoms with Crippen LogP contribution < -0.4 is 10.7 Å². The lowest BCUT2D eigenvalue weighted by molar-refractivity contribution is -0.384. The lowest BCUT2D eigenvalue weighted by atomic mass is 10.1. The van der Waals surface area contributed by atoms with Gasteiger partial charge in [-0.3, -0.25) is 19.7 Å². The molecule has 10 nitrogen and oxygen atoms in total. The Kier molecular flexibility index (Phi) is 6.75. The van der Waals surface area contributed by atoms with E-state index >= 15 is 0 Å². The third-order valence-electron chi connectivity index (χ3n) is 4.63. The molecular weight excluding hydrogens is 424 g/mol. The van der Waals surface area contributed by atoms with E-state index < -0.39 is 22.7 Å². The predicted molar refractivity (Wildman–Crippen MR) is 114 cm³/mol. The summed E-state index contributed by atoms with van der Waals surface area (Å²) in [4.78, 5) is 48.2. The zero-order valence-electron chi connectivity index (χ0n) is 16.9. The van der Waals surface area contributed by atoms with Gasteiger partial charge in [0.2, 0.25) is 0 Å². The summed E-state index contributed by atoms with van der Waals surface area (Å²) in [6.45, 7) is 3.43. The van der Waals surface area contributed by atoms with Crippen molar-refractivity contribution in [2.75, 3.05) is 11.9 Å². The van der Waals surface area contributed by atoms with Crippen molar-refractivity contribution in [2.45, 2.75) is 33.1 Å². The molecule has 0 unspecified atom stereocenters. The predicted octanol–water partition coefficient (Wildman–Crippen LogP) is 2.80.